The van der Waals surface area contributed by atoms with Gasteiger partial charge in [0, 0.05) is 5.92 Å². The Morgan fingerprint density at radius 1 is 1.06 bits per heavy atom. The number of benzene rings is 1. The molecule has 1 aromatic carbocycles. The molecule has 0 aliphatic rings. The zero-order chi connectivity index (χ0) is 11.6. The summed E-state index contributed by atoms with van der Waals surface area (Å²) >= 11 is 0. The predicted octanol–water partition coefficient (Wildman–Crippen LogP) is 5.12. The van der Waals surface area contributed by atoms with Gasteiger partial charge in [0.1, 0.15) is 0 Å². The van der Waals surface area contributed by atoms with Gasteiger partial charge in [-0.1, -0.05) is 82.0 Å². The first-order valence-corrected chi connectivity index (χ1v) is 6.48. The fourth-order valence-electron chi connectivity index (χ4n) is 2.04. The number of rotatable bonds is 8. The van der Waals surface area contributed by atoms with Gasteiger partial charge < -0.3 is 0 Å². The van der Waals surface area contributed by atoms with Crippen molar-refractivity contribution in [1.29, 1.82) is 0 Å². The van der Waals surface area contributed by atoms with Crippen molar-refractivity contribution in [1.82, 2.24) is 0 Å². The van der Waals surface area contributed by atoms with Crippen LogP contribution in [0, 0.1) is 6.58 Å². The van der Waals surface area contributed by atoms with E-state index in [4.69, 9.17) is 6.58 Å². The van der Waals surface area contributed by atoms with Crippen LogP contribution in [0.2, 0.25) is 0 Å². The van der Waals surface area contributed by atoms with Gasteiger partial charge in [-0.05, 0) is 12.0 Å². The summed E-state index contributed by atoms with van der Waals surface area (Å²) in [5.74, 6) is 0.433. The third-order valence-corrected chi connectivity index (χ3v) is 3.08. The second-order valence-electron chi connectivity index (χ2n) is 4.41. The zero-order valence-electron chi connectivity index (χ0n) is 10.4. The fourth-order valence-corrected chi connectivity index (χ4v) is 2.04. The Bertz CT molecular complexity index is 273. The van der Waals surface area contributed by atoms with Gasteiger partial charge in [0.05, 0.1) is 0 Å². The highest BCUT2D eigenvalue weighted by Gasteiger charge is 2.05. The molecule has 0 bridgehead atoms. The minimum atomic E-state index is 0.433. The Kier molecular flexibility index (Phi) is 6.64. The molecule has 0 aliphatic carbocycles. The topological polar surface area (TPSA) is 0 Å². The number of hydrogen-bond donors (Lipinski definition) is 0. The van der Waals surface area contributed by atoms with Crippen molar-refractivity contribution in [3.05, 3.63) is 48.6 Å². The summed E-state index contributed by atoms with van der Waals surface area (Å²) in [6.07, 6.45) is 9.69. The van der Waals surface area contributed by atoms with E-state index in [0.29, 0.717) is 5.92 Å². The van der Waals surface area contributed by atoms with E-state index < -0.39 is 0 Å². The molecule has 0 saturated carbocycles. The van der Waals surface area contributed by atoms with Crippen LogP contribution < -0.4 is 0 Å². The first-order chi connectivity index (χ1) is 7.88. The average molecular weight is 215 g/mol. The molecule has 0 saturated heterocycles. The number of unbranched alkanes of at least 4 members (excludes halogenated alkanes) is 4. The molecule has 0 fully saturated rings. The van der Waals surface area contributed by atoms with Crippen LogP contribution in [0.15, 0.2) is 36.4 Å². The van der Waals surface area contributed by atoms with E-state index in [9.17, 15) is 0 Å². The lowest BCUT2D eigenvalue weighted by Crippen LogP contribution is -1.94. The molecular formula is C16H23. The summed E-state index contributed by atoms with van der Waals surface area (Å²) in [6, 6.07) is 10.6. The van der Waals surface area contributed by atoms with Crippen molar-refractivity contribution in [3.8, 4) is 0 Å². The molecule has 0 nitrogen and oxygen atoms in total. The van der Waals surface area contributed by atoms with Gasteiger partial charge in [-0.15, -0.1) is 0 Å². The lowest BCUT2D eigenvalue weighted by molar-refractivity contribution is 0.586. The lowest BCUT2D eigenvalue weighted by Gasteiger charge is -2.12. The minimum Gasteiger partial charge on any atom is -0.0770 e. The Morgan fingerprint density at radius 2 is 1.75 bits per heavy atom. The molecule has 0 amide bonds. The highest BCUT2D eigenvalue weighted by molar-refractivity contribution is 5.22. The van der Waals surface area contributed by atoms with Gasteiger partial charge in [-0.25, -0.2) is 0 Å². The highest BCUT2D eigenvalue weighted by Crippen LogP contribution is 2.23. The van der Waals surface area contributed by atoms with E-state index in [0.717, 1.165) is 0 Å². The van der Waals surface area contributed by atoms with Crippen LogP contribution in [0.4, 0.5) is 0 Å². The predicted molar refractivity (Wildman–Crippen MR) is 71.4 cm³/mol. The van der Waals surface area contributed by atoms with E-state index in [-0.39, 0.29) is 0 Å². The van der Waals surface area contributed by atoms with E-state index >= 15 is 0 Å². The molecule has 1 rings (SSSR count). The van der Waals surface area contributed by atoms with Crippen LogP contribution in [-0.2, 0) is 0 Å². The van der Waals surface area contributed by atoms with E-state index in [1.165, 1.54) is 44.1 Å². The molecular weight excluding hydrogens is 192 g/mol. The van der Waals surface area contributed by atoms with Crippen LogP contribution >= 0.6 is 0 Å². The third-order valence-electron chi connectivity index (χ3n) is 3.08. The molecule has 1 aromatic rings. The minimum absolute atomic E-state index is 0.433. The molecule has 1 atom stereocenters. The first kappa shape index (κ1) is 13.0. The SMILES string of the molecule is [CH]=CC(CCCCCCC)c1ccccc1. The van der Waals surface area contributed by atoms with Crippen molar-refractivity contribution >= 4 is 0 Å². The van der Waals surface area contributed by atoms with Crippen molar-refractivity contribution in [2.75, 3.05) is 0 Å². The standard InChI is InChI=1S/C16H23/c1-3-5-6-7-9-12-15(4-2)16-13-10-8-11-14-16/h2,4,8,10-11,13-15H,3,5-7,9,12H2,1H3. The molecule has 0 heterocycles. The molecule has 87 valence electrons. The maximum absolute atomic E-state index is 5.72. The fraction of sp³-hybridized carbons (Fsp3) is 0.500. The summed E-state index contributed by atoms with van der Waals surface area (Å²) in [6.45, 7) is 7.97. The molecule has 0 aliphatic heterocycles. The van der Waals surface area contributed by atoms with Crippen molar-refractivity contribution in [2.24, 2.45) is 0 Å². The van der Waals surface area contributed by atoms with E-state index in [2.05, 4.69) is 37.3 Å². The molecule has 1 radical (unpaired) electrons. The summed E-state index contributed by atoms with van der Waals surface area (Å²) in [4.78, 5) is 0. The van der Waals surface area contributed by atoms with Crippen molar-refractivity contribution in [3.63, 3.8) is 0 Å². The van der Waals surface area contributed by atoms with Crippen molar-refractivity contribution < 1.29 is 0 Å². The lowest BCUT2D eigenvalue weighted by atomic mass is 9.93. The van der Waals surface area contributed by atoms with E-state index in [1.807, 2.05) is 6.08 Å². The van der Waals surface area contributed by atoms with Crippen LogP contribution in [0.5, 0.6) is 0 Å². The first-order valence-electron chi connectivity index (χ1n) is 6.48. The molecule has 0 N–H and O–H groups in total. The van der Waals surface area contributed by atoms with Gasteiger partial charge in [-0.3, -0.25) is 0 Å². The van der Waals surface area contributed by atoms with E-state index in [1.54, 1.807) is 0 Å². The smallest absolute Gasteiger partial charge is 0.00210 e. The quantitative estimate of drug-likeness (QED) is 0.528. The molecule has 1 unspecified atom stereocenters. The normalized spacial score (nSPS) is 12.3. The summed E-state index contributed by atoms with van der Waals surface area (Å²) < 4.78 is 0. The van der Waals surface area contributed by atoms with Crippen LogP contribution in [-0.4, -0.2) is 0 Å². The summed E-state index contributed by atoms with van der Waals surface area (Å²) in [7, 11) is 0. The molecule has 0 spiro atoms. The second kappa shape index (κ2) is 8.15. The van der Waals surface area contributed by atoms with Crippen LogP contribution in [0.3, 0.4) is 0 Å². The van der Waals surface area contributed by atoms with Gasteiger partial charge in [-0.2, -0.15) is 0 Å². The molecule has 0 aromatic heterocycles. The van der Waals surface area contributed by atoms with Crippen LogP contribution in [0.25, 0.3) is 0 Å². The van der Waals surface area contributed by atoms with Gasteiger partial charge in [0.15, 0.2) is 0 Å². The Hall–Kier alpha value is -1.04. The van der Waals surface area contributed by atoms with Crippen LogP contribution in [0.1, 0.15) is 56.9 Å². The third kappa shape index (κ3) is 4.65. The Balaban J connectivity index is 2.30. The van der Waals surface area contributed by atoms with Crippen molar-refractivity contribution in [2.45, 2.75) is 51.4 Å². The second-order valence-corrected chi connectivity index (χ2v) is 4.41. The zero-order valence-corrected chi connectivity index (χ0v) is 10.4. The maximum atomic E-state index is 5.72. The maximum Gasteiger partial charge on any atom is 0.00210 e. The van der Waals surface area contributed by atoms with Gasteiger partial charge >= 0.3 is 0 Å². The average Bonchev–Trinajstić information content (AvgIpc) is 2.35. The monoisotopic (exact) mass is 215 g/mol. The molecule has 16 heavy (non-hydrogen) atoms. The molecule has 0 heteroatoms. The number of hydrogen-bond acceptors (Lipinski definition) is 0. The largest absolute Gasteiger partial charge is 0.0770 e. The summed E-state index contributed by atoms with van der Waals surface area (Å²) in [5.41, 5.74) is 1.35. The Labute approximate surface area is 100 Å². The van der Waals surface area contributed by atoms with Gasteiger partial charge in [0.25, 0.3) is 0 Å². The number of allylic oxidation sites excluding steroid dienone is 1. The highest BCUT2D eigenvalue weighted by atomic mass is 14.1. The Morgan fingerprint density at radius 3 is 2.38 bits per heavy atom. The van der Waals surface area contributed by atoms with Gasteiger partial charge in [0.2, 0.25) is 0 Å². The summed E-state index contributed by atoms with van der Waals surface area (Å²) in [5, 5.41) is 0.